The average Bonchev–Trinajstić information content (AvgIpc) is 2.37. The Balaban J connectivity index is 1.74. The van der Waals surface area contributed by atoms with E-state index in [0.29, 0.717) is 12.0 Å². The molecule has 2 rings (SSSR count). The minimum absolute atomic E-state index is 0.0892. The first kappa shape index (κ1) is 12.9. The number of nitriles is 1. The van der Waals surface area contributed by atoms with E-state index in [1.807, 2.05) is 0 Å². The summed E-state index contributed by atoms with van der Waals surface area (Å²) in [6, 6.07) is 2.83. The lowest BCUT2D eigenvalue weighted by Crippen LogP contribution is -2.41. The van der Waals surface area contributed by atoms with E-state index in [4.69, 9.17) is 5.26 Å². The lowest BCUT2D eigenvalue weighted by Gasteiger charge is -2.31. The van der Waals surface area contributed by atoms with Crippen molar-refractivity contribution < 1.29 is 5.11 Å². The van der Waals surface area contributed by atoms with Crippen LogP contribution in [0.3, 0.4) is 0 Å². The summed E-state index contributed by atoms with van der Waals surface area (Å²) in [4.78, 5) is 0. The zero-order valence-electron chi connectivity index (χ0n) is 10.6. The largest absolute Gasteiger partial charge is 0.393 e. The van der Waals surface area contributed by atoms with Crippen LogP contribution in [-0.4, -0.2) is 23.8 Å². The van der Waals surface area contributed by atoms with Gasteiger partial charge in [0, 0.05) is 6.04 Å². The van der Waals surface area contributed by atoms with E-state index < -0.39 is 0 Å². The SMILES string of the molecule is N#CC1CCCCC1NCC1CCCC(O)C1. The van der Waals surface area contributed by atoms with Gasteiger partial charge in [0.05, 0.1) is 18.1 Å². The summed E-state index contributed by atoms with van der Waals surface area (Å²) in [7, 11) is 0. The molecule has 2 aliphatic rings. The number of aliphatic hydroxyl groups excluding tert-OH is 1. The fourth-order valence-corrected chi connectivity index (χ4v) is 3.30. The Bertz CT molecular complexity index is 274. The Kier molecular flexibility index (Phi) is 4.82. The molecule has 0 aromatic rings. The minimum atomic E-state index is -0.0892. The molecule has 96 valence electrons. The first-order valence-electron chi connectivity index (χ1n) is 7.10. The molecule has 0 aliphatic heterocycles. The molecule has 0 saturated heterocycles. The van der Waals surface area contributed by atoms with E-state index in [9.17, 15) is 5.11 Å². The Hall–Kier alpha value is -0.590. The van der Waals surface area contributed by atoms with Crippen LogP contribution in [0.4, 0.5) is 0 Å². The predicted molar refractivity (Wildman–Crippen MR) is 67.3 cm³/mol. The minimum Gasteiger partial charge on any atom is -0.393 e. The summed E-state index contributed by atoms with van der Waals surface area (Å²) < 4.78 is 0. The molecular weight excluding hydrogens is 212 g/mol. The fourth-order valence-electron chi connectivity index (χ4n) is 3.30. The molecule has 2 saturated carbocycles. The highest BCUT2D eigenvalue weighted by molar-refractivity contribution is 4.94. The molecule has 2 aliphatic carbocycles. The van der Waals surface area contributed by atoms with Crippen molar-refractivity contribution in [3.63, 3.8) is 0 Å². The van der Waals surface area contributed by atoms with Gasteiger partial charge in [-0.25, -0.2) is 0 Å². The van der Waals surface area contributed by atoms with Crippen molar-refractivity contribution in [2.75, 3.05) is 6.54 Å². The van der Waals surface area contributed by atoms with E-state index in [0.717, 1.165) is 38.6 Å². The van der Waals surface area contributed by atoms with Crippen LogP contribution in [0.5, 0.6) is 0 Å². The molecule has 2 fully saturated rings. The van der Waals surface area contributed by atoms with Crippen molar-refractivity contribution in [1.82, 2.24) is 5.32 Å². The maximum Gasteiger partial charge on any atom is 0.0672 e. The first-order chi connectivity index (χ1) is 8.29. The van der Waals surface area contributed by atoms with Gasteiger partial charge in [-0.3, -0.25) is 0 Å². The van der Waals surface area contributed by atoms with Gasteiger partial charge in [-0.05, 0) is 44.6 Å². The Labute approximate surface area is 104 Å². The third-order valence-electron chi connectivity index (χ3n) is 4.36. The molecule has 0 amide bonds. The maximum absolute atomic E-state index is 9.63. The Morgan fingerprint density at radius 1 is 1.12 bits per heavy atom. The average molecular weight is 236 g/mol. The molecule has 17 heavy (non-hydrogen) atoms. The molecule has 4 unspecified atom stereocenters. The molecule has 0 bridgehead atoms. The van der Waals surface area contributed by atoms with Crippen molar-refractivity contribution in [1.29, 1.82) is 5.26 Å². The summed E-state index contributed by atoms with van der Waals surface area (Å²) in [6.07, 6.45) is 8.87. The number of aliphatic hydroxyl groups is 1. The lowest BCUT2D eigenvalue weighted by atomic mass is 9.83. The number of nitrogens with zero attached hydrogens (tertiary/aromatic N) is 1. The molecule has 2 N–H and O–H groups in total. The van der Waals surface area contributed by atoms with Crippen LogP contribution in [0, 0.1) is 23.2 Å². The first-order valence-corrected chi connectivity index (χ1v) is 7.10. The van der Waals surface area contributed by atoms with E-state index in [1.165, 1.54) is 19.3 Å². The van der Waals surface area contributed by atoms with Crippen LogP contribution in [0.2, 0.25) is 0 Å². The van der Waals surface area contributed by atoms with Crippen molar-refractivity contribution >= 4 is 0 Å². The van der Waals surface area contributed by atoms with Crippen molar-refractivity contribution in [3.05, 3.63) is 0 Å². The second-order valence-corrected chi connectivity index (χ2v) is 5.72. The number of hydrogen-bond acceptors (Lipinski definition) is 3. The summed E-state index contributed by atoms with van der Waals surface area (Å²) in [5.41, 5.74) is 0. The molecule has 0 aromatic carbocycles. The van der Waals surface area contributed by atoms with E-state index in [1.54, 1.807) is 0 Å². The number of hydrogen-bond donors (Lipinski definition) is 2. The predicted octanol–water partition coefficient (Wildman–Crippen LogP) is 2.21. The molecule has 0 aromatic heterocycles. The van der Waals surface area contributed by atoms with Gasteiger partial charge in [0.1, 0.15) is 0 Å². The van der Waals surface area contributed by atoms with E-state index in [-0.39, 0.29) is 12.0 Å². The van der Waals surface area contributed by atoms with Crippen molar-refractivity contribution in [2.24, 2.45) is 11.8 Å². The quantitative estimate of drug-likeness (QED) is 0.790. The second kappa shape index (κ2) is 6.37. The van der Waals surface area contributed by atoms with E-state index in [2.05, 4.69) is 11.4 Å². The Morgan fingerprint density at radius 2 is 1.94 bits per heavy atom. The summed E-state index contributed by atoms with van der Waals surface area (Å²) in [5.74, 6) is 0.817. The highest BCUT2D eigenvalue weighted by Crippen LogP contribution is 2.26. The van der Waals surface area contributed by atoms with Crippen molar-refractivity contribution in [2.45, 2.75) is 63.5 Å². The van der Waals surface area contributed by atoms with Crippen LogP contribution < -0.4 is 5.32 Å². The highest BCUT2D eigenvalue weighted by Gasteiger charge is 2.26. The molecule has 4 atom stereocenters. The zero-order valence-corrected chi connectivity index (χ0v) is 10.6. The summed E-state index contributed by atoms with van der Waals surface area (Å²) in [6.45, 7) is 0.986. The lowest BCUT2D eigenvalue weighted by molar-refractivity contribution is 0.0982. The second-order valence-electron chi connectivity index (χ2n) is 5.72. The molecule has 3 nitrogen and oxygen atoms in total. The molecular formula is C14H24N2O. The van der Waals surface area contributed by atoms with Gasteiger partial charge in [-0.1, -0.05) is 19.3 Å². The highest BCUT2D eigenvalue weighted by atomic mass is 16.3. The van der Waals surface area contributed by atoms with Crippen molar-refractivity contribution in [3.8, 4) is 6.07 Å². The van der Waals surface area contributed by atoms with Gasteiger partial charge in [-0.15, -0.1) is 0 Å². The molecule has 0 heterocycles. The Morgan fingerprint density at radius 3 is 2.71 bits per heavy atom. The van der Waals surface area contributed by atoms with Crippen LogP contribution >= 0.6 is 0 Å². The third kappa shape index (κ3) is 3.69. The van der Waals surface area contributed by atoms with Crippen LogP contribution in [0.25, 0.3) is 0 Å². The molecule has 3 heteroatoms. The van der Waals surface area contributed by atoms with Gasteiger partial charge >= 0.3 is 0 Å². The molecule has 0 spiro atoms. The number of nitrogens with one attached hydrogen (secondary N) is 1. The van der Waals surface area contributed by atoms with Gasteiger partial charge in [0.15, 0.2) is 0 Å². The molecule has 0 radical (unpaired) electrons. The topological polar surface area (TPSA) is 56.0 Å². The normalized spacial score (nSPS) is 38.6. The van der Waals surface area contributed by atoms with E-state index >= 15 is 0 Å². The summed E-state index contributed by atoms with van der Waals surface area (Å²) >= 11 is 0. The summed E-state index contributed by atoms with van der Waals surface area (Å²) in [5, 5.41) is 22.3. The fraction of sp³-hybridized carbons (Fsp3) is 0.929. The maximum atomic E-state index is 9.63. The van der Waals surface area contributed by atoms with Crippen LogP contribution in [0.15, 0.2) is 0 Å². The van der Waals surface area contributed by atoms with Gasteiger partial charge < -0.3 is 10.4 Å². The number of rotatable bonds is 3. The zero-order chi connectivity index (χ0) is 12.1. The van der Waals surface area contributed by atoms with Crippen LogP contribution in [0.1, 0.15) is 51.4 Å². The van der Waals surface area contributed by atoms with Gasteiger partial charge in [0.2, 0.25) is 0 Å². The standard InChI is InChI=1S/C14H24N2O/c15-9-12-5-1-2-7-14(12)16-10-11-4-3-6-13(17)8-11/h11-14,16-17H,1-8,10H2. The van der Waals surface area contributed by atoms with Gasteiger partial charge in [-0.2, -0.15) is 5.26 Å². The smallest absolute Gasteiger partial charge is 0.0672 e. The van der Waals surface area contributed by atoms with Gasteiger partial charge in [0.25, 0.3) is 0 Å². The third-order valence-corrected chi connectivity index (χ3v) is 4.36. The van der Waals surface area contributed by atoms with Crippen LogP contribution in [-0.2, 0) is 0 Å². The monoisotopic (exact) mass is 236 g/mol.